The van der Waals surface area contributed by atoms with E-state index >= 15 is 0 Å². The van der Waals surface area contributed by atoms with Gasteiger partial charge in [0.1, 0.15) is 11.4 Å². The standard InChI is InChI=1S/C16H13ClF3NO2/c1-23-14-6-4-11(17)8-12(14)13(22)5-2-10-3-7-15(21-9-10)16(18,19)20/h3-4,6-9H,2,5H2,1H3. The molecule has 0 unspecified atom stereocenters. The SMILES string of the molecule is COc1ccc(Cl)cc1C(=O)CCc1ccc(C(F)(F)F)nc1. The van der Waals surface area contributed by atoms with Gasteiger partial charge in [0, 0.05) is 17.6 Å². The zero-order valence-corrected chi connectivity index (χ0v) is 12.9. The van der Waals surface area contributed by atoms with Crippen molar-refractivity contribution < 1.29 is 22.7 Å². The highest BCUT2D eigenvalue weighted by molar-refractivity contribution is 6.31. The molecule has 0 saturated carbocycles. The van der Waals surface area contributed by atoms with Crippen LogP contribution in [0.3, 0.4) is 0 Å². The number of carbonyl (C=O) groups is 1. The number of halogens is 4. The number of methoxy groups -OCH3 is 1. The molecule has 0 radical (unpaired) electrons. The van der Waals surface area contributed by atoms with Gasteiger partial charge in [-0.15, -0.1) is 0 Å². The van der Waals surface area contributed by atoms with Gasteiger partial charge in [-0.1, -0.05) is 17.7 Å². The van der Waals surface area contributed by atoms with E-state index < -0.39 is 11.9 Å². The smallest absolute Gasteiger partial charge is 0.433 e. The van der Waals surface area contributed by atoms with Crippen LogP contribution in [0.4, 0.5) is 13.2 Å². The van der Waals surface area contributed by atoms with Gasteiger partial charge in [-0.2, -0.15) is 13.2 Å². The fourth-order valence-electron chi connectivity index (χ4n) is 2.03. The molecule has 7 heteroatoms. The number of hydrogen-bond donors (Lipinski definition) is 0. The van der Waals surface area contributed by atoms with Gasteiger partial charge in [0.15, 0.2) is 5.78 Å². The summed E-state index contributed by atoms with van der Waals surface area (Å²) in [6.45, 7) is 0. The lowest BCUT2D eigenvalue weighted by Gasteiger charge is -2.09. The Morgan fingerprint density at radius 2 is 2.00 bits per heavy atom. The molecular weight excluding hydrogens is 331 g/mol. The summed E-state index contributed by atoms with van der Waals surface area (Å²) >= 11 is 5.87. The molecule has 1 heterocycles. The van der Waals surface area contributed by atoms with Crippen LogP contribution in [0.15, 0.2) is 36.5 Å². The van der Waals surface area contributed by atoms with Gasteiger partial charge in [-0.25, -0.2) is 0 Å². The number of pyridine rings is 1. The third-order valence-electron chi connectivity index (χ3n) is 3.22. The van der Waals surface area contributed by atoms with Crippen LogP contribution in [-0.4, -0.2) is 17.9 Å². The number of hydrogen-bond acceptors (Lipinski definition) is 3. The average molecular weight is 344 g/mol. The molecule has 0 N–H and O–H groups in total. The lowest BCUT2D eigenvalue weighted by molar-refractivity contribution is -0.141. The number of rotatable bonds is 5. The lowest BCUT2D eigenvalue weighted by atomic mass is 10.0. The molecule has 0 saturated heterocycles. The second kappa shape index (κ2) is 7.00. The molecule has 3 nitrogen and oxygen atoms in total. The van der Waals surface area contributed by atoms with Crippen LogP contribution in [0.5, 0.6) is 5.75 Å². The normalized spacial score (nSPS) is 11.3. The van der Waals surface area contributed by atoms with E-state index in [0.29, 0.717) is 21.9 Å². The molecule has 0 fully saturated rings. The maximum Gasteiger partial charge on any atom is 0.433 e. The lowest BCUT2D eigenvalue weighted by Crippen LogP contribution is -2.08. The summed E-state index contributed by atoms with van der Waals surface area (Å²) in [6.07, 6.45) is -2.95. The number of nitrogens with zero attached hydrogens (tertiary/aromatic N) is 1. The van der Waals surface area contributed by atoms with E-state index in [1.165, 1.54) is 19.2 Å². The Labute approximate surface area is 136 Å². The molecule has 1 aromatic heterocycles. The van der Waals surface area contributed by atoms with Crippen molar-refractivity contribution in [2.75, 3.05) is 7.11 Å². The van der Waals surface area contributed by atoms with E-state index in [4.69, 9.17) is 16.3 Å². The molecule has 0 aliphatic rings. The summed E-state index contributed by atoms with van der Waals surface area (Å²) in [7, 11) is 1.44. The van der Waals surface area contributed by atoms with Gasteiger partial charge in [0.05, 0.1) is 12.7 Å². The Morgan fingerprint density at radius 3 is 2.57 bits per heavy atom. The molecule has 2 aromatic rings. The van der Waals surface area contributed by atoms with Crippen molar-refractivity contribution in [1.29, 1.82) is 0 Å². The third kappa shape index (κ3) is 4.45. The van der Waals surface area contributed by atoms with Crippen LogP contribution in [0.2, 0.25) is 5.02 Å². The van der Waals surface area contributed by atoms with Crippen LogP contribution >= 0.6 is 11.6 Å². The minimum atomic E-state index is -4.47. The van der Waals surface area contributed by atoms with Crippen molar-refractivity contribution in [3.05, 3.63) is 58.4 Å². The maximum atomic E-state index is 12.4. The van der Waals surface area contributed by atoms with Crippen molar-refractivity contribution in [2.24, 2.45) is 0 Å². The quantitative estimate of drug-likeness (QED) is 0.746. The molecule has 1 aromatic carbocycles. The first-order chi connectivity index (χ1) is 10.8. The maximum absolute atomic E-state index is 12.4. The van der Waals surface area contributed by atoms with Crippen molar-refractivity contribution in [2.45, 2.75) is 19.0 Å². The van der Waals surface area contributed by atoms with Gasteiger partial charge in [0.2, 0.25) is 0 Å². The number of aromatic nitrogens is 1. The van der Waals surface area contributed by atoms with E-state index in [9.17, 15) is 18.0 Å². The molecule has 0 amide bonds. The monoisotopic (exact) mass is 343 g/mol. The highest BCUT2D eigenvalue weighted by Crippen LogP contribution is 2.28. The summed E-state index contributed by atoms with van der Waals surface area (Å²) < 4.78 is 42.4. The number of benzene rings is 1. The van der Waals surface area contributed by atoms with Crippen molar-refractivity contribution in [3.8, 4) is 5.75 Å². The number of ether oxygens (including phenoxy) is 1. The predicted octanol–water partition coefficient (Wildman–Crippen LogP) is 4.58. The Morgan fingerprint density at radius 1 is 1.26 bits per heavy atom. The van der Waals surface area contributed by atoms with E-state index in [-0.39, 0.29) is 18.6 Å². The molecule has 23 heavy (non-hydrogen) atoms. The van der Waals surface area contributed by atoms with E-state index in [2.05, 4.69) is 4.98 Å². The number of carbonyl (C=O) groups excluding carboxylic acids is 1. The van der Waals surface area contributed by atoms with Gasteiger partial charge < -0.3 is 4.74 Å². The second-order valence-electron chi connectivity index (χ2n) is 4.82. The minimum Gasteiger partial charge on any atom is -0.496 e. The number of ketones is 1. The van der Waals surface area contributed by atoms with E-state index in [0.717, 1.165) is 12.3 Å². The van der Waals surface area contributed by atoms with Gasteiger partial charge in [-0.3, -0.25) is 9.78 Å². The number of aryl methyl sites for hydroxylation is 1. The average Bonchev–Trinajstić information content (AvgIpc) is 2.52. The highest BCUT2D eigenvalue weighted by Gasteiger charge is 2.31. The van der Waals surface area contributed by atoms with Crippen LogP contribution in [0.1, 0.15) is 28.0 Å². The van der Waals surface area contributed by atoms with Crippen molar-refractivity contribution in [3.63, 3.8) is 0 Å². The first-order valence-corrected chi connectivity index (χ1v) is 7.08. The van der Waals surface area contributed by atoms with Gasteiger partial charge >= 0.3 is 6.18 Å². The van der Waals surface area contributed by atoms with Crippen LogP contribution in [0, 0.1) is 0 Å². The van der Waals surface area contributed by atoms with Gasteiger partial charge in [-0.05, 0) is 36.2 Å². The third-order valence-corrected chi connectivity index (χ3v) is 3.45. The fraction of sp³-hybridized carbons (Fsp3) is 0.250. The highest BCUT2D eigenvalue weighted by atomic mass is 35.5. The Balaban J connectivity index is 2.06. The summed E-state index contributed by atoms with van der Waals surface area (Å²) in [5.74, 6) is 0.203. The van der Waals surface area contributed by atoms with Crippen molar-refractivity contribution in [1.82, 2.24) is 4.98 Å². The molecule has 0 spiro atoms. The summed E-state index contributed by atoms with van der Waals surface area (Å²) in [4.78, 5) is 15.6. The molecule has 0 aliphatic heterocycles. The molecule has 122 valence electrons. The molecule has 2 rings (SSSR count). The molecule has 0 aliphatic carbocycles. The van der Waals surface area contributed by atoms with Crippen LogP contribution in [0.25, 0.3) is 0 Å². The summed E-state index contributed by atoms with van der Waals surface area (Å²) in [5, 5.41) is 0.408. The zero-order chi connectivity index (χ0) is 17.0. The largest absolute Gasteiger partial charge is 0.496 e. The van der Waals surface area contributed by atoms with Crippen molar-refractivity contribution >= 4 is 17.4 Å². The molecule has 0 bridgehead atoms. The number of Topliss-reactive ketones (excluding diaryl/α,β-unsaturated/α-hetero) is 1. The predicted molar refractivity (Wildman–Crippen MR) is 79.9 cm³/mol. The number of alkyl halides is 3. The first kappa shape index (κ1) is 17.3. The topological polar surface area (TPSA) is 39.2 Å². The van der Waals surface area contributed by atoms with E-state index in [1.54, 1.807) is 12.1 Å². The molecular formula is C16H13ClF3NO2. The zero-order valence-electron chi connectivity index (χ0n) is 12.2. The Bertz CT molecular complexity index is 699. The minimum absolute atomic E-state index is 0.115. The molecule has 0 atom stereocenters. The van der Waals surface area contributed by atoms with Gasteiger partial charge in [0.25, 0.3) is 0 Å². The first-order valence-electron chi connectivity index (χ1n) is 6.70. The van der Waals surface area contributed by atoms with Crippen LogP contribution in [-0.2, 0) is 12.6 Å². The Kier molecular flexibility index (Phi) is 5.26. The Hall–Kier alpha value is -2.08. The second-order valence-corrected chi connectivity index (χ2v) is 5.25. The summed E-state index contributed by atoms with van der Waals surface area (Å²) in [5.41, 5.74) is -0.0590. The fourth-order valence-corrected chi connectivity index (χ4v) is 2.20. The summed E-state index contributed by atoms with van der Waals surface area (Å²) in [6, 6.07) is 6.93. The van der Waals surface area contributed by atoms with Crippen LogP contribution < -0.4 is 4.74 Å². The van der Waals surface area contributed by atoms with E-state index in [1.807, 2.05) is 0 Å².